The van der Waals surface area contributed by atoms with Gasteiger partial charge in [-0.2, -0.15) is 0 Å². The summed E-state index contributed by atoms with van der Waals surface area (Å²) >= 11 is 0. The van der Waals surface area contributed by atoms with Crippen molar-refractivity contribution in [3.8, 4) is 0 Å². The van der Waals surface area contributed by atoms with Gasteiger partial charge in [-0.05, 0) is 32.3 Å². The molecule has 0 spiro atoms. The van der Waals surface area contributed by atoms with E-state index in [2.05, 4.69) is 10.3 Å². The average molecular weight is 355 g/mol. The van der Waals surface area contributed by atoms with Crippen molar-refractivity contribution in [1.29, 1.82) is 0 Å². The fraction of sp³-hybridized carbons (Fsp3) is 0.450. The number of carbonyl (C=O) groups is 3. The Morgan fingerprint density at radius 1 is 1.19 bits per heavy atom. The predicted molar refractivity (Wildman–Crippen MR) is 100.0 cm³/mol. The Labute approximate surface area is 152 Å². The van der Waals surface area contributed by atoms with Crippen molar-refractivity contribution in [3.63, 3.8) is 0 Å². The summed E-state index contributed by atoms with van der Waals surface area (Å²) in [6, 6.07) is 7.49. The van der Waals surface area contributed by atoms with Crippen LogP contribution in [0, 0.1) is 12.8 Å². The van der Waals surface area contributed by atoms with Crippen molar-refractivity contribution >= 4 is 28.5 Å². The Balaban J connectivity index is 1.67. The lowest BCUT2D eigenvalue weighted by Gasteiger charge is -2.30. The van der Waals surface area contributed by atoms with E-state index in [0.717, 1.165) is 17.3 Å². The molecule has 1 fully saturated rings. The number of para-hydroxylation sites is 1. The van der Waals surface area contributed by atoms with Crippen LogP contribution in [0.1, 0.15) is 42.2 Å². The number of hydrogen-bond acceptors (Lipinski definition) is 3. The number of aromatic amines is 1. The number of rotatable bonds is 5. The molecular formula is C20H25N3O3. The molecule has 26 heavy (non-hydrogen) atoms. The average Bonchev–Trinajstić information content (AvgIpc) is 3.00. The maximum atomic E-state index is 12.8. The first-order valence-corrected chi connectivity index (χ1v) is 9.21. The van der Waals surface area contributed by atoms with Crippen LogP contribution >= 0.6 is 0 Å². The van der Waals surface area contributed by atoms with E-state index in [1.807, 2.05) is 38.1 Å². The number of fused-ring (bicyclic) bond motifs is 1. The lowest BCUT2D eigenvalue weighted by molar-refractivity contribution is -0.132. The summed E-state index contributed by atoms with van der Waals surface area (Å²) in [5, 5.41) is 3.68. The summed E-state index contributed by atoms with van der Waals surface area (Å²) in [4.78, 5) is 42.3. The van der Waals surface area contributed by atoms with Crippen molar-refractivity contribution in [2.45, 2.75) is 33.1 Å². The van der Waals surface area contributed by atoms with Crippen LogP contribution in [0.2, 0.25) is 0 Å². The van der Waals surface area contributed by atoms with Gasteiger partial charge in [0.1, 0.15) is 0 Å². The van der Waals surface area contributed by atoms with Gasteiger partial charge >= 0.3 is 0 Å². The van der Waals surface area contributed by atoms with Gasteiger partial charge in [-0.1, -0.05) is 25.1 Å². The van der Waals surface area contributed by atoms with E-state index in [4.69, 9.17) is 0 Å². The molecule has 1 aromatic carbocycles. The molecule has 2 amide bonds. The second-order valence-electron chi connectivity index (χ2n) is 6.86. The molecule has 2 heterocycles. The third-order valence-corrected chi connectivity index (χ3v) is 5.02. The number of benzene rings is 1. The molecule has 1 aliphatic rings. The van der Waals surface area contributed by atoms with Crippen molar-refractivity contribution in [2.24, 2.45) is 5.92 Å². The summed E-state index contributed by atoms with van der Waals surface area (Å²) in [5.74, 6) is -0.979. The number of likely N-dealkylation sites (tertiary alicyclic amines) is 1. The van der Waals surface area contributed by atoms with E-state index >= 15 is 0 Å². The molecule has 0 unspecified atom stereocenters. The Morgan fingerprint density at radius 3 is 2.58 bits per heavy atom. The fourth-order valence-corrected chi connectivity index (χ4v) is 3.56. The van der Waals surface area contributed by atoms with Gasteiger partial charge in [-0.3, -0.25) is 14.4 Å². The molecule has 1 aliphatic heterocycles. The number of hydrogen-bond donors (Lipinski definition) is 2. The molecule has 1 saturated heterocycles. The fourth-order valence-electron chi connectivity index (χ4n) is 3.56. The highest BCUT2D eigenvalue weighted by Gasteiger charge is 2.32. The first-order valence-electron chi connectivity index (χ1n) is 9.21. The number of amides is 2. The van der Waals surface area contributed by atoms with Crippen LogP contribution in [0.25, 0.3) is 10.9 Å². The first-order chi connectivity index (χ1) is 12.5. The Hall–Kier alpha value is -2.63. The van der Waals surface area contributed by atoms with Crippen LogP contribution in [0.4, 0.5) is 0 Å². The minimum atomic E-state index is -0.481. The van der Waals surface area contributed by atoms with Crippen LogP contribution < -0.4 is 5.32 Å². The van der Waals surface area contributed by atoms with Crippen LogP contribution in [0.5, 0.6) is 0 Å². The minimum absolute atomic E-state index is 0.0535. The van der Waals surface area contributed by atoms with Gasteiger partial charge in [0.15, 0.2) is 0 Å². The Bertz CT molecular complexity index is 832. The molecule has 138 valence electrons. The predicted octanol–water partition coefficient (Wildman–Crippen LogP) is 2.42. The van der Waals surface area contributed by atoms with Crippen molar-refractivity contribution in [1.82, 2.24) is 15.2 Å². The molecule has 6 nitrogen and oxygen atoms in total. The van der Waals surface area contributed by atoms with Gasteiger partial charge < -0.3 is 15.2 Å². The SMILES string of the molecule is CCCNC(=O)C1CCN(C(=O)C(=O)c2c(C)[nH]c3ccccc23)CC1. The van der Waals surface area contributed by atoms with Crippen LogP contribution in [0.3, 0.4) is 0 Å². The molecule has 6 heteroatoms. The first kappa shape index (κ1) is 18.2. The molecule has 0 radical (unpaired) electrons. The van der Waals surface area contributed by atoms with Crippen molar-refractivity contribution in [2.75, 3.05) is 19.6 Å². The largest absolute Gasteiger partial charge is 0.358 e. The minimum Gasteiger partial charge on any atom is -0.358 e. The number of nitrogens with one attached hydrogen (secondary N) is 2. The quantitative estimate of drug-likeness (QED) is 0.638. The molecule has 0 aliphatic carbocycles. The summed E-state index contributed by atoms with van der Waals surface area (Å²) in [5.41, 5.74) is 2.01. The highest BCUT2D eigenvalue weighted by molar-refractivity contribution is 6.45. The number of carbonyl (C=O) groups excluding carboxylic acids is 3. The second-order valence-corrected chi connectivity index (χ2v) is 6.86. The number of piperidine rings is 1. The number of ketones is 1. The standard InChI is InChI=1S/C20H25N3O3/c1-3-10-21-19(25)14-8-11-23(12-9-14)20(26)18(24)17-13(2)22-16-7-5-4-6-15(16)17/h4-7,14,22H,3,8-12H2,1-2H3,(H,21,25). The Kier molecular flexibility index (Phi) is 5.40. The third-order valence-electron chi connectivity index (χ3n) is 5.02. The number of H-pyrrole nitrogens is 1. The number of aryl methyl sites for hydroxylation is 1. The number of aromatic nitrogens is 1. The monoisotopic (exact) mass is 355 g/mol. The summed E-state index contributed by atoms with van der Waals surface area (Å²) in [6.45, 7) is 5.38. The zero-order valence-corrected chi connectivity index (χ0v) is 15.3. The van der Waals surface area contributed by atoms with Crippen molar-refractivity contribution in [3.05, 3.63) is 35.5 Å². The van der Waals surface area contributed by atoms with Crippen LogP contribution in [-0.2, 0) is 9.59 Å². The maximum Gasteiger partial charge on any atom is 0.295 e. The molecule has 0 atom stereocenters. The number of Topliss-reactive ketones (excluding diaryl/α,β-unsaturated/α-hetero) is 1. The van der Waals surface area contributed by atoms with Gasteiger partial charge in [0, 0.05) is 42.1 Å². The zero-order valence-electron chi connectivity index (χ0n) is 15.3. The highest BCUT2D eigenvalue weighted by Crippen LogP contribution is 2.24. The molecule has 0 saturated carbocycles. The van der Waals surface area contributed by atoms with Gasteiger partial charge in [0.2, 0.25) is 5.91 Å². The topological polar surface area (TPSA) is 82.3 Å². The van der Waals surface area contributed by atoms with Crippen LogP contribution in [0.15, 0.2) is 24.3 Å². The van der Waals surface area contributed by atoms with E-state index in [0.29, 0.717) is 43.7 Å². The number of nitrogens with zero attached hydrogens (tertiary/aromatic N) is 1. The third kappa shape index (κ3) is 3.49. The zero-order chi connectivity index (χ0) is 18.7. The van der Waals surface area contributed by atoms with E-state index in [-0.39, 0.29) is 11.8 Å². The maximum absolute atomic E-state index is 12.8. The molecule has 3 rings (SSSR count). The summed E-state index contributed by atoms with van der Waals surface area (Å²) in [6.07, 6.45) is 2.10. The van der Waals surface area contributed by atoms with E-state index < -0.39 is 11.7 Å². The van der Waals surface area contributed by atoms with Gasteiger partial charge in [0.05, 0.1) is 5.56 Å². The molecule has 1 aromatic heterocycles. The normalized spacial score (nSPS) is 15.2. The van der Waals surface area contributed by atoms with E-state index in [9.17, 15) is 14.4 Å². The molecule has 2 N–H and O–H groups in total. The second kappa shape index (κ2) is 7.72. The Morgan fingerprint density at radius 2 is 1.88 bits per heavy atom. The smallest absolute Gasteiger partial charge is 0.295 e. The lowest BCUT2D eigenvalue weighted by Crippen LogP contribution is -2.45. The lowest BCUT2D eigenvalue weighted by atomic mass is 9.95. The van der Waals surface area contributed by atoms with Crippen LogP contribution in [-0.4, -0.2) is 47.1 Å². The van der Waals surface area contributed by atoms with E-state index in [1.165, 1.54) is 0 Å². The summed E-state index contributed by atoms with van der Waals surface area (Å²) in [7, 11) is 0. The van der Waals surface area contributed by atoms with E-state index in [1.54, 1.807) is 4.90 Å². The van der Waals surface area contributed by atoms with Gasteiger partial charge in [0.25, 0.3) is 11.7 Å². The van der Waals surface area contributed by atoms with Crippen molar-refractivity contribution < 1.29 is 14.4 Å². The molecule has 2 aromatic rings. The summed E-state index contributed by atoms with van der Waals surface area (Å²) < 4.78 is 0. The molecule has 0 bridgehead atoms. The van der Waals surface area contributed by atoms with Gasteiger partial charge in [-0.15, -0.1) is 0 Å². The molecular weight excluding hydrogens is 330 g/mol. The highest BCUT2D eigenvalue weighted by atomic mass is 16.2. The van der Waals surface area contributed by atoms with Gasteiger partial charge in [-0.25, -0.2) is 0 Å².